The molecule has 2 aromatic rings. The van der Waals surface area contributed by atoms with Crippen LogP contribution in [0.3, 0.4) is 0 Å². The molecule has 3 heterocycles. The highest BCUT2D eigenvalue weighted by Crippen LogP contribution is 2.45. The molecule has 1 fully saturated rings. The van der Waals surface area contributed by atoms with Crippen LogP contribution < -0.4 is 10.6 Å². The van der Waals surface area contributed by atoms with Gasteiger partial charge in [0.2, 0.25) is 0 Å². The predicted octanol–water partition coefficient (Wildman–Crippen LogP) is 3.31. The fourth-order valence-electron chi connectivity index (χ4n) is 3.89. The molecule has 2 aliphatic heterocycles. The van der Waals surface area contributed by atoms with Gasteiger partial charge in [0, 0.05) is 30.4 Å². The summed E-state index contributed by atoms with van der Waals surface area (Å²) >= 11 is 9.85. The molecule has 0 bridgehead atoms. The van der Waals surface area contributed by atoms with Crippen LogP contribution in [0.2, 0.25) is 5.02 Å². The van der Waals surface area contributed by atoms with E-state index in [9.17, 15) is 4.79 Å². The average molecular weight is 495 g/mol. The maximum absolute atomic E-state index is 15.0. The van der Waals surface area contributed by atoms with Gasteiger partial charge in [-0.25, -0.2) is 12.0 Å². The number of aromatic nitrogens is 2. The Labute approximate surface area is 168 Å². The smallest absolute Gasteiger partial charge is 0.347 e. The minimum Gasteiger partial charge on any atom is -0.347 e. The van der Waals surface area contributed by atoms with Gasteiger partial charge in [-0.3, -0.25) is 0 Å². The van der Waals surface area contributed by atoms with E-state index in [2.05, 4.69) is 28.8 Å². The Kier molecular flexibility index (Phi) is 4.45. The number of hydrogen-bond donors (Lipinski definition) is 0. The zero-order valence-electron chi connectivity index (χ0n) is 14.0. The second kappa shape index (κ2) is 6.24. The molecule has 1 aromatic carbocycles. The van der Waals surface area contributed by atoms with E-state index in [1.165, 1.54) is 14.5 Å². The molecule has 2 atom stereocenters. The second-order valence-electron chi connectivity index (χ2n) is 6.75. The first-order valence-corrected chi connectivity index (χ1v) is 10.3. The van der Waals surface area contributed by atoms with Gasteiger partial charge in [-0.1, -0.05) is 11.6 Å². The molecule has 0 N–H and O–H groups in total. The fraction of sp³-hybridized carbons (Fsp3) is 0.500. The van der Waals surface area contributed by atoms with Crippen LogP contribution in [0.1, 0.15) is 12.5 Å². The summed E-state index contributed by atoms with van der Waals surface area (Å²) in [5, 5.41) is 0.943. The second-order valence-corrected chi connectivity index (χ2v) is 9.12. The third-order valence-electron chi connectivity index (χ3n) is 4.95. The maximum atomic E-state index is 15.0. The normalized spacial score (nSPS) is 23.7. The lowest BCUT2D eigenvalue weighted by Gasteiger charge is -2.44. The van der Waals surface area contributed by atoms with E-state index in [0.29, 0.717) is 27.2 Å². The number of fused-ring (bicyclic) bond motifs is 2. The molecule has 5 nitrogen and oxygen atoms in total. The van der Waals surface area contributed by atoms with E-state index in [1.807, 2.05) is 22.9 Å². The molecule has 0 spiro atoms. The molecule has 1 saturated heterocycles. The Bertz CT molecular complexity index is 952. The molecule has 2 unspecified atom stereocenters. The molecule has 1 aromatic heterocycles. The van der Waals surface area contributed by atoms with E-state index in [0.717, 1.165) is 18.8 Å². The molecule has 4 rings (SSSR count). The third kappa shape index (κ3) is 2.59. The van der Waals surface area contributed by atoms with Crippen molar-refractivity contribution >= 4 is 62.9 Å². The topological polar surface area (TPSA) is 41.4 Å². The van der Waals surface area contributed by atoms with Gasteiger partial charge in [-0.05, 0) is 20.9 Å². The van der Waals surface area contributed by atoms with Crippen molar-refractivity contribution in [2.45, 2.75) is 30.8 Å². The zero-order valence-corrected chi connectivity index (χ0v) is 17.7. The SMILES string of the molecule is Cc1c(F)c2c3c(nc(=O)n(I)c3c1Cl)N1C(C)CN(C)CC1CS2. The number of piperazine rings is 1. The minimum absolute atomic E-state index is 0.171. The summed E-state index contributed by atoms with van der Waals surface area (Å²) in [5.41, 5.74) is 0.563. The van der Waals surface area contributed by atoms with Crippen LogP contribution in [0.5, 0.6) is 0 Å². The fourth-order valence-corrected chi connectivity index (χ4v) is 6.12. The van der Waals surface area contributed by atoms with E-state index in [4.69, 9.17) is 11.6 Å². The number of thioether (sulfide) groups is 1. The van der Waals surface area contributed by atoms with Crippen LogP contribution in [0.4, 0.5) is 10.2 Å². The number of rotatable bonds is 0. The van der Waals surface area contributed by atoms with Crippen molar-refractivity contribution in [3.63, 3.8) is 0 Å². The average Bonchev–Trinajstić information content (AvgIpc) is 2.70. The summed E-state index contributed by atoms with van der Waals surface area (Å²) in [7, 11) is 2.09. The predicted molar refractivity (Wildman–Crippen MR) is 109 cm³/mol. The van der Waals surface area contributed by atoms with Crippen molar-refractivity contribution in [2.75, 3.05) is 30.8 Å². The molecule has 134 valence electrons. The third-order valence-corrected chi connectivity index (χ3v) is 7.53. The number of benzene rings is 1. The monoisotopic (exact) mass is 494 g/mol. The van der Waals surface area contributed by atoms with Gasteiger partial charge in [0.05, 0.1) is 49.7 Å². The first-order chi connectivity index (χ1) is 11.8. The van der Waals surface area contributed by atoms with Crippen LogP contribution in [0.15, 0.2) is 9.69 Å². The first-order valence-electron chi connectivity index (χ1n) is 8.01. The van der Waals surface area contributed by atoms with E-state index >= 15 is 4.39 Å². The molecule has 2 aliphatic rings. The van der Waals surface area contributed by atoms with E-state index in [1.54, 1.807) is 6.92 Å². The number of anilines is 1. The van der Waals surface area contributed by atoms with Crippen molar-refractivity contribution in [3.8, 4) is 0 Å². The zero-order chi connectivity index (χ0) is 18.0. The molecular weight excluding hydrogens is 478 g/mol. The van der Waals surface area contributed by atoms with Gasteiger partial charge in [-0.15, -0.1) is 11.8 Å². The molecular formula is C16H17ClFIN4OS. The van der Waals surface area contributed by atoms with Crippen LogP contribution >= 0.6 is 46.2 Å². The van der Waals surface area contributed by atoms with Crippen LogP contribution in [0.25, 0.3) is 10.9 Å². The number of likely N-dealkylation sites (N-methyl/N-ethyl adjacent to an activating group) is 1. The van der Waals surface area contributed by atoms with Crippen LogP contribution in [0, 0.1) is 12.7 Å². The van der Waals surface area contributed by atoms with Crippen molar-refractivity contribution in [2.24, 2.45) is 0 Å². The molecule has 0 radical (unpaired) electrons. The molecule has 0 aliphatic carbocycles. The summed E-state index contributed by atoms with van der Waals surface area (Å²) in [6.45, 7) is 5.50. The Morgan fingerprint density at radius 3 is 2.84 bits per heavy atom. The summed E-state index contributed by atoms with van der Waals surface area (Å²) in [6, 6.07) is 0.350. The largest absolute Gasteiger partial charge is 0.359 e. The molecule has 0 saturated carbocycles. The van der Waals surface area contributed by atoms with Gasteiger partial charge in [0.25, 0.3) is 0 Å². The van der Waals surface area contributed by atoms with Crippen LogP contribution in [-0.4, -0.2) is 50.6 Å². The summed E-state index contributed by atoms with van der Waals surface area (Å²) in [4.78, 5) is 21.8. The van der Waals surface area contributed by atoms with Crippen molar-refractivity contribution in [1.82, 2.24) is 12.7 Å². The van der Waals surface area contributed by atoms with Crippen molar-refractivity contribution < 1.29 is 4.39 Å². The van der Waals surface area contributed by atoms with E-state index in [-0.39, 0.29) is 28.6 Å². The first kappa shape index (κ1) is 17.8. The molecule has 9 heteroatoms. The van der Waals surface area contributed by atoms with Gasteiger partial charge in [-0.2, -0.15) is 4.98 Å². The highest BCUT2D eigenvalue weighted by Gasteiger charge is 2.37. The molecule has 0 amide bonds. The highest BCUT2D eigenvalue weighted by molar-refractivity contribution is 14.1. The lowest BCUT2D eigenvalue weighted by atomic mass is 10.1. The highest BCUT2D eigenvalue weighted by atomic mass is 127. The van der Waals surface area contributed by atoms with E-state index < -0.39 is 0 Å². The van der Waals surface area contributed by atoms with Gasteiger partial charge in [0.15, 0.2) is 0 Å². The van der Waals surface area contributed by atoms with Gasteiger partial charge < -0.3 is 9.80 Å². The standard InChI is InChI=1S/C16H17ClFIN4OS/c1-7-4-21(3)5-9-6-25-14-10-13(11(17)8(2)12(14)18)23(19)16(24)20-15(10)22(7)9/h7,9H,4-6H2,1-3H3. The van der Waals surface area contributed by atoms with Gasteiger partial charge >= 0.3 is 5.69 Å². The Morgan fingerprint density at radius 1 is 1.40 bits per heavy atom. The van der Waals surface area contributed by atoms with Crippen molar-refractivity contribution in [1.29, 1.82) is 0 Å². The number of nitrogens with zero attached hydrogens (tertiary/aromatic N) is 4. The summed E-state index contributed by atoms with van der Waals surface area (Å²) in [6.07, 6.45) is 0. The maximum Gasteiger partial charge on any atom is 0.359 e. The Hall–Kier alpha value is -0.580. The minimum atomic E-state index is -0.376. The lowest BCUT2D eigenvalue weighted by Crippen LogP contribution is -2.58. The Balaban J connectivity index is 2.13. The summed E-state index contributed by atoms with van der Waals surface area (Å²) in [5.74, 6) is 1.01. The lowest BCUT2D eigenvalue weighted by molar-refractivity contribution is 0.241. The molecule has 25 heavy (non-hydrogen) atoms. The van der Waals surface area contributed by atoms with Gasteiger partial charge in [0.1, 0.15) is 11.6 Å². The van der Waals surface area contributed by atoms with Crippen LogP contribution in [-0.2, 0) is 0 Å². The summed E-state index contributed by atoms with van der Waals surface area (Å²) < 4.78 is 16.4. The quantitative estimate of drug-likeness (QED) is 0.526. The Morgan fingerprint density at radius 2 is 2.12 bits per heavy atom. The number of hydrogen-bond acceptors (Lipinski definition) is 5. The number of halogens is 3. The van der Waals surface area contributed by atoms with Crippen molar-refractivity contribution in [3.05, 3.63) is 26.9 Å².